The van der Waals surface area contributed by atoms with E-state index in [4.69, 9.17) is 9.47 Å². The molecule has 3 aromatic rings. The lowest BCUT2D eigenvalue weighted by molar-refractivity contribution is -0.140. The predicted octanol–water partition coefficient (Wildman–Crippen LogP) is 4.42. The topological polar surface area (TPSA) is 89.0 Å². The van der Waals surface area contributed by atoms with Crippen molar-refractivity contribution < 1.29 is 24.2 Å². The normalized spacial score (nSPS) is 17.1. The molecule has 1 aliphatic heterocycles. The number of Topliss-reactive ketones (excluding diaryl/α,β-unsaturated/α-hetero) is 1. The van der Waals surface area contributed by atoms with Gasteiger partial charge in [0.1, 0.15) is 5.76 Å². The number of nitrogens with zero attached hydrogens (tertiary/aromatic N) is 2. The quantitative estimate of drug-likeness (QED) is 0.320. The van der Waals surface area contributed by atoms with Crippen LogP contribution in [0.15, 0.2) is 72.6 Å². The van der Waals surface area contributed by atoms with Gasteiger partial charge in [-0.3, -0.25) is 14.6 Å². The lowest BCUT2D eigenvalue weighted by Gasteiger charge is -2.26. The second-order valence-corrected chi connectivity index (χ2v) is 8.00. The molecular formula is C27H26N2O5. The molecule has 0 saturated carbocycles. The van der Waals surface area contributed by atoms with Gasteiger partial charge in [-0.2, -0.15) is 0 Å². The van der Waals surface area contributed by atoms with Gasteiger partial charge >= 0.3 is 0 Å². The molecule has 2 heterocycles. The van der Waals surface area contributed by atoms with E-state index < -0.39 is 17.7 Å². The molecule has 7 nitrogen and oxygen atoms in total. The second-order valence-electron chi connectivity index (χ2n) is 8.00. The number of aryl methyl sites for hydroxylation is 1. The second kappa shape index (κ2) is 9.79. The van der Waals surface area contributed by atoms with Crippen LogP contribution in [-0.4, -0.2) is 40.4 Å². The third-order valence-electron chi connectivity index (χ3n) is 5.74. The van der Waals surface area contributed by atoms with Crippen LogP contribution in [-0.2, 0) is 16.1 Å². The van der Waals surface area contributed by atoms with Gasteiger partial charge in [-0.05, 0) is 43.2 Å². The van der Waals surface area contributed by atoms with Gasteiger partial charge < -0.3 is 19.5 Å². The Hall–Kier alpha value is -4.13. The van der Waals surface area contributed by atoms with Gasteiger partial charge in [0.25, 0.3) is 11.7 Å². The number of aliphatic hydroxyl groups is 1. The zero-order chi connectivity index (χ0) is 24.2. The summed E-state index contributed by atoms with van der Waals surface area (Å²) in [6.45, 7) is 4.42. The Morgan fingerprint density at radius 1 is 1.09 bits per heavy atom. The fourth-order valence-corrected chi connectivity index (χ4v) is 4.07. The van der Waals surface area contributed by atoms with Crippen LogP contribution >= 0.6 is 0 Å². The molecule has 1 aromatic heterocycles. The molecule has 0 bridgehead atoms. The molecule has 0 radical (unpaired) electrons. The molecule has 174 valence electrons. The summed E-state index contributed by atoms with van der Waals surface area (Å²) in [4.78, 5) is 32.0. The molecule has 1 saturated heterocycles. The molecule has 34 heavy (non-hydrogen) atoms. The van der Waals surface area contributed by atoms with Crippen LogP contribution in [0, 0.1) is 6.92 Å². The SMILES string of the molecule is CCOc1ccc([C@@H]2/C(=C(\O)c3ccc(C)cc3)C(=O)C(=O)N2Cc2cccnc2)cc1OC. The van der Waals surface area contributed by atoms with Crippen molar-refractivity contribution >= 4 is 17.4 Å². The predicted molar refractivity (Wildman–Crippen MR) is 127 cm³/mol. The number of hydrogen-bond acceptors (Lipinski definition) is 6. The molecule has 0 aliphatic carbocycles. The number of benzene rings is 2. The van der Waals surface area contributed by atoms with Crippen LogP contribution in [0.5, 0.6) is 11.5 Å². The van der Waals surface area contributed by atoms with Crippen molar-refractivity contribution in [3.05, 3.63) is 94.8 Å². The van der Waals surface area contributed by atoms with E-state index in [0.29, 0.717) is 29.2 Å². The number of carbonyl (C=O) groups excluding carboxylic acids is 2. The fourth-order valence-electron chi connectivity index (χ4n) is 4.07. The standard InChI is InChI=1S/C27H26N2O5/c1-4-34-21-12-11-20(14-22(21)33-3)24-23(25(30)19-9-7-17(2)8-10-19)26(31)27(32)29(24)16-18-6-5-13-28-15-18/h5-15,24,30H,4,16H2,1-3H3/b25-23+/t24-/m1/s1. The molecule has 7 heteroatoms. The van der Waals surface area contributed by atoms with E-state index in [1.165, 1.54) is 12.0 Å². The van der Waals surface area contributed by atoms with Gasteiger partial charge in [-0.25, -0.2) is 0 Å². The maximum Gasteiger partial charge on any atom is 0.295 e. The molecule has 1 fully saturated rings. The van der Waals surface area contributed by atoms with E-state index in [1.807, 2.05) is 32.0 Å². The third kappa shape index (κ3) is 4.37. The summed E-state index contributed by atoms with van der Waals surface area (Å²) in [5.41, 5.74) is 2.90. The highest BCUT2D eigenvalue weighted by atomic mass is 16.5. The maximum atomic E-state index is 13.2. The Morgan fingerprint density at radius 3 is 2.50 bits per heavy atom. The fraction of sp³-hybridized carbons (Fsp3) is 0.222. The van der Waals surface area contributed by atoms with Gasteiger partial charge in [0, 0.05) is 24.5 Å². The first-order chi connectivity index (χ1) is 16.4. The maximum absolute atomic E-state index is 13.2. The number of amides is 1. The Labute approximate surface area is 198 Å². The van der Waals surface area contributed by atoms with E-state index in [-0.39, 0.29) is 17.9 Å². The van der Waals surface area contributed by atoms with Gasteiger partial charge in [-0.1, -0.05) is 42.0 Å². The summed E-state index contributed by atoms with van der Waals surface area (Å²) >= 11 is 0. The van der Waals surface area contributed by atoms with Gasteiger partial charge in [0.2, 0.25) is 0 Å². The summed E-state index contributed by atoms with van der Waals surface area (Å²) < 4.78 is 11.1. The first-order valence-electron chi connectivity index (χ1n) is 11.0. The number of aliphatic hydroxyl groups excluding tert-OH is 1. The van der Waals surface area contributed by atoms with Crippen molar-refractivity contribution in [2.45, 2.75) is 26.4 Å². The van der Waals surface area contributed by atoms with E-state index in [1.54, 1.807) is 48.8 Å². The zero-order valence-corrected chi connectivity index (χ0v) is 19.3. The first-order valence-corrected chi connectivity index (χ1v) is 11.0. The summed E-state index contributed by atoms with van der Waals surface area (Å²) in [6.07, 6.45) is 3.29. The summed E-state index contributed by atoms with van der Waals surface area (Å²) in [5.74, 6) is -0.613. The van der Waals surface area contributed by atoms with Crippen molar-refractivity contribution in [1.82, 2.24) is 9.88 Å². The molecular weight excluding hydrogens is 432 g/mol. The van der Waals surface area contributed by atoms with E-state index in [9.17, 15) is 14.7 Å². The van der Waals surface area contributed by atoms with E-state index in [0.717, 1.165) is 11.1 Å². The minimum absolute atomic E-state index is 0.0314. The summed E-state index contributed by atoms with van der Waals surface area (Å²) in [7, 11) is 1.53. The number of ketones is 1. The number of methoxy groups -OCH3 is 1. The smallest absolute Gasteiger partial charge is 0.295 e. The highest BCUT2D eigenvalue weighted by molar-refractivity contribution is 6.46. The number of hydrogen-bond donors (Lipinski definition) is 1. The molecule has 1 amide bonds. The Morgan fingerprint density at radius 2 is 1.85 bits per heavy atom. The number of aromatic nitrogens is 1. The minimum Gasteiger partial charge on any atom is -0.507 e. The Bertz CT molecular complexity index is 1240. The van der Waals surface area contributed by atoms with Gasteiger partial charge in [0.15, 0.2) is 11.5 Å². The molecule has 0 spiro atoms. The van der Waals surface area contributed by atoms with Crippen LogP contribution in [0.1, 0.15) is 35.2 Å². The van der Waals surface area contributed by atoms with Crippen LogP contribution in [0.2, 0.25) is 0 Å². The van der Waals surface area contributed by atoms with Crippen LogP contribution < -0.4 is 9.47 Å². The van der Waals surface area contributed by atoms with Gasteiger partial charge in [-0.15, -0.1) is 0 Å². The summed E-state index contributed by atoms with van der Waals surface area (Å²) in [6, 6.07) is 15.2. The molecule has 2 aromatic carbocycles. The van der Waals surface area contributed by atoms with E-state index >= 15 is 0 Å². The van der Waals surface area contributed by atoms with Gasteiger partial charge in [0.05, 0.1) is 25.3 Å². The zero-order valence-electron chi connectivity index (χ0n) is 19.3. The number of likely N-dealkylation sites (tertiary alicyclic amines) is 1. The number of carbonyl (C=O) groups is 2. The molecule has 1 atom stereocenters. The number of pyridine rings is 1. The lowest BCUT2D eigenvalue weighted by atomic mass is 9.94. The van der Waals surface area contributed by atoms with Crippen LogP contribution in [0.3, 0.4) is 0 Å². The van der Waals surface area contributed by atoms with Crippen molar-refractivity contribution in [2.24, 2.45) is 0 Å². The first kappa shape index (κ1) is 23.0. The van der Waals surface area contributed by atoms with Crippen molar-refractivity contribution in [2.75, 3.05) is 13.7 Å². The minimum atomic E-state index is -0.814. The highest BCUT2D eigenvalue weighted by Gasteiger charge is 2.46. The molecule has 1 N–H and O–H groups in total. The van der Waals surface area contributed by atoms with Crippen molar-refractivity contribution in [1.29, 1.82) is 0 Å². The summed E-state index contributed by atoms with van der Waals surface area (Å²) in [5, 5.41) is 11.2. The highest BCUT2D eigenvalue weighted by Crippen LogP contribution is 2.42. The largest absolute Gasteiger partial charge is 0.507 e. The third-order valence-corrected chi connectivity index (χ3v) is 5.74. The monoisotopic (exact) mass is 458 g/mol. The lowest BCUT2D eigenvalue weighted by Crippen LogP contribution is -2.29. The van der Waals surface area contributed by atoms with Crippen molar-refractivity contribution in [3.63, 3.8) is 0 Å². The van der Waals surface area contributed by atoms with Crippen LogP contribution in [0.4, 0.5) is 0 Å². The Kier molecular flexibility index (Phi) is 6.63. The van der Waals surface area contributed by atoms with Crippen LogP contribution in [0.25, 0.3) is 5.76 Å². The van der Waals surface area contributed by atoms with Crippen molar-refractivity contribution in [3.8, 4) is 11.5 Å². The number of ether oxygens (including phenoxy) is 2. The average Bonchev–Trinajstić information content (AvgIpc) is 3.10. The molecule has 4 rings (SSSR count). The average molecular weight is 459 g/mol. The molecule has 1 aliphatic rings. The molecule has 0 unspecified atom stereocenters. The Balaban J connectivity index is 1.88. The number of rotatable bonds is 7. The van der Waals surface area contributed by atoms with E-state index in [2.05, 4.69) is 4.98 Å².